The van der Waals surface area contributed by atoms with E-state index in [1.165, 1.54) is 0 Å². The molecule has 0 fully saturated rings. The van der Waals surface area contributed by atoms with Crippen molar-refractivity contribution in [1.29, 1.82) is 0 Å². The monoisotopic (exact) mass is 261 g/mol. The first kappa shape index (κ1) is 13.8. The summed E-state index contributed by atoms with van der Waals surface area (Å²) in [7, 11) is 0. The Morgan fingerprint density at radius 3 is 2.47 bits per heavy atom. The first-order valence-corrected chi connectivity index (χ1v) is 6.23. The van der Waals surface area contributed by atoms with Crippen molar-refractivity contribution < 1.29 is 14.9 Å². The van der Waals surface area contributed by atoms with Crippen LogP contribution in [0.3, 0.4) is 0 Å². The van der Waals surface area contributed by atoms with Gasteiger partial charge in [-0.05, 0) is 52.0 Å². The summed E-state index contributed by atoms with van der Waals surface area (Å²) < 4.78 is 0. The van der Waals surface area contributed by atoms with Crippen molar-refractivity contribution in [3.63, 3.8) is 0 Å². The second kappa shape index (κ2) is 4.79. The molecule has 1 aromatic heterocycles. The van der Waals surface area contributed by atoms with Gasteiger partial charge in [-0.3, -0.25) is 4.98 Å². The minimum Gasteiger partial charge on any atom is -0.387 e. The Labute approximate surface area is 112 Å². The zero-order valence-corrected chi connectivity index (χ0v) is 11.7. The van der Waals surface area contributed by atoms with Crippen LogP contribution < -0.4 is 4.89 Å². The number of rotatable bonds is 4. The number of hydrogen-bond acceptors (Lipinski definition) is 4. The summed E-state index contributed by atoms with van der Waals surface area (Å²) in [6.07, 6.45) is 1.73. The van der Waals surface area contributed by atoms with Gasteiger partial charge in [0.2, 0.25) is 0 Å². The molecule has 0 aliphatic rings. The van der Waals surface area contributed by atoms with Gasteiger partial charge in [-0.2, -0.15) is 4.89 Å². The zero-order chi connectivity index (χ0) is 14.1. The van der Waals surface area contributed by atoms with E-state index in [4.69, 9.17) is 9.78 Å². The number of hydrogen-bond donors (Lipinski definition) is 1. The van der Waals surface area contributed by atoms with E-state index in [-0.39, 0.29) is 0 Å². The molecule has 0 spiro atoms. The molecule has 1 heterocycles. The van der Waals surface area contributed by atoms with Gasteiger partial charge in [0.1, 0.15) is 5.60 Å². The Balaban J connectivity index is 2.23. The number of pyridine rings is 1. The van der Waals surface area contributed by atoms with Gasteiger partial charge in [0.15, 0.2) is 5.75 Å². The predicted molar refractivity (Wildman–Crippen MR) is 73.8 cm³/mol. The average molecular weight is 261 g/mol. The minimum absolute atomic E-state index is 0.586. The molecular formula is C15H19NO3. The van der Waals surface area contributed by atoms with E-state index in [1.54, 1.807) is 33.9 Å². The quantitative estimate of drug-likeness (QED) is 0.678. The molecule has 102 valence electrons. The molecular weight excluding hydrogens is 242 g/mol. The van der Waals surface area contributed by atoms with Gasteiger partial charge in [-0.1, -0.05) is 6.07 Å². The van der Waals surface area contributed by atoms with Crippen molar-refractivity contribution in [1.82, 2.24) is 4.98 Å². The van der Waals surface area contributed by atoms with Gasteiger partial charge in [0.25, 0.3) is 0 Å². The van der Waals surface area contributed by atoms with Crippen molar-refractivity contribution >= 4 is 10.9 Å². The van der Waals surface area contributed by atoms with Crippen LogP contribution in [0, 0.1) is 0 Å². The minimum atomic E-state index is -1.02. The van der Waals surface area contributed by atoms with E-state index < -0.39 is 11.2 Å². The SMILES string of the molecule is CC(C)(O)C(C)(C)OOc1cccc2ncccc12. The van der Waals surface area contributed by atoms with Crippen molar-refractivity contribution in [2.24, 2.45) is 0 Å². The molecule has 4 nitrogen and oxygen atoms in total. The van der Waals surface area contributed by atoms with E-state index >= 15 is 0 Å². The van der Waals surface area contributed by atoms with E-state index in [0.29, 0.717) is 5.75 Å². The molecule has 2 aromatic rings. The molecule has 0 radical (unpaired) electrons. The predicted octanol–water partition coefficient (Wildman–Crippen LogP) is 3.09. The summed E-state index contributed by atoms with van der Waals surface area (Å²) in [6.45, 7) is 6.91. The highest BCUT2D eigenvalue weighted by molar-refractivity contribution is 5.84. The first-order valence-electron chi connectivity index (χ1n) is 6.23. The largest absolute Gasteiger partial charge is 0.387 e. The smallest absolute Gasteiger partial charge is 0.174 e. The van der Waals surface area contributed by atoms with Crippen molar-refractivity contribution in [2.45, 2.75) is 38.9 Å². The van der Waals surface area contributed by atoms with Crippen LogP contribution in [0.4, 0.5) is 0 Å². The number of benzene rings is 1. The lowest BCUT2D eigenvalue weighted by molar-refractivity contribution is -0.320. The highest BCUT2D eigenvalue weighted by Crippen LogP contribution is 2.29. The first-order chi connectivity index (χ1) is 8.81. The third kappa shape index (κ3) is 2.85. The Hall–Kier alpha value is -1.65. The molecule has 0 bridgehead atoms. The average Bonchev–Trinajstić information content (AvgIpc) is 2.35. The van der Waals surface area contributed by atoms with Crippen LogP contribution in [-0.2, 0) is 4.89 Å². The van der Waals surface area contributed by atoms with E-state index in [1.807, 2.05) is 30.3 Å². The zero-order valence-electron chi connectivity index (χ0n) is 11.7. The van der Waals surface area contributed by atoms with E-state index in [2.05, 4.69) is 4.98 Å². The third-order valence-electron chi connectivity index (χ3n) is 3.42. The van der Waals surface area contributed by atoms with Gasteiger partial charge in [0, 0.05) is 11.6 Å². The van der Waals surface area contributed by atoms with Gasteiger partial charge in [0.05, 0.1) is 11.1 Å². The van der Waals surface area contributed by atoms with Crippen LogP contribution in [0.5, 0.6) is 5.75 Å². The van der Waals surface area contributed by atoms with Crippen LogP contribution in [-0.4, -0.2) is 21.3 Å². The highest BCUT2D eigenvalue weighted by Gasteiger charge is 2.38. The molecule has 0 unspecified atom stereocenters. The Morgan fingerprint density at radius 1 is 1.05 bits per heavy atom. The number of aliphatic hydroxyl groups is 1. The fraction of sp³-hybridized carbons (Fsp3) is 0.400. The lowest BCUT2D eigenvalue weighted by Crippen LogP contribution is -2.47. The molecule has 19 heavy (non-hydrogen) atoms. The molecule has 0 saturated carbocycles. The maximum absolute atomic E-state index is 10.0. The van der Waals surface area contributed by atoms with E-state index in [0.717, 1.165) is 10.9 Å². The normalized spacial score (nSPS) is 12.7. The van der Waals surface area contributed by atoms with Gasteiger partial charge in [-0.15, -0.1) is 0 Å². The Morgan fingerprint density at radius 2 is 1.79 bits per heavy atom. The summed E-state index contributed by atoms with van der Waals surface area (Å²) in [5.41, 5.74) is -1.02. The summed E-state index contributed by atoms with van der Waals surface area (Å²) >= 11 is 0. The molecule has 1 aromatic carbocycles. The van der Waals surface area contributed by atoms with Crippen molar-refractivity contribution in [2.75, 3.05) is 0 Å². The molecule has 0 atom stereocenters. The summed E-state index contributed by atoms with van der Waals surface area (Å²) in [4.78, 5) is 15.1. The van der Waals surface area contributed by atoms with Crippen LogP contribution in [0.15, 0.2) is 36.5 Å². The van der Waals surface area contributed by atoms with E-state index in [9.17, 15) is 5.11 Å². The number of aromatic nitrogens is 1. The fourth-order valence-corrected chi connectivity index (χ4v) is 1.40. The molecule has 4 heteroatoms. The fourth-order valence-electron chi connectivity index (χ4n) is 1.40. The van der Waals surface area contributed by atoms with Crippen LogP contribution in [0.1, 0.15) is 27.7 Å². The van der Waals surface area contributed by atoms with Crippen LogP contribution in [0.25, 0.3) is 10.9 Å². The maximum atomic E-state index is 10.0. The van der Waals surface area contributed by atoms with Gasteiger partial charge in [-0.25, -0.2) is 0 Å². The Kier molecular flexibility index (Phi) is 3.47. The molecule has 0 aliphatic heterocycles. The highest BCUT2D eigenvalue weighted by atomic mass is 17.2. The summed E-state index contributed by atoms with van der Waals surface area (Å²) in [6, 6.07) is 9.33. The second-order valence-corrected chi connectivity index (χ2v) is 5.56. The summed E-state index contributed by atoms with van der Waals surface area (Å²) in [5, 5.41) is 10.9. The van der Waals surface area contributed by atoms with Crippen molar-refractivity contribution in [3.8, 4) is 5.75 Å². The second-order valence-electron chi connectivity index (χ2n) is 5.56. The van der Waals surface area contributed by atoms with Crippen LogP contribution >= 0.6 is 0 Å². The number of nitrogens with zero attached hydrogens (tertiary/aromatic N) is 1. The molecule has 0 saturated heterocycles. The standard InChI is InChI=1S/C15H19NO3/c1-14(2,17)15(3,4)19-18-13-9-5-8-12-11(13)7-6-10-16-12/h5-10,17H,1-4H3. The Bertz CT molecular complexity index is 568. The topological polar surface area (TPSA) is 51.6 Å². The molecule has 0 aliphatic carbocycles. The molecule has 2 rings (SSSR count). The van der Waals surface area contributed by atoms with Gasteiger partial charge >= 0.3 is 0 Å². The lowest BCUT2D eigenvalue weighted by Gasteiger charge is -2.34. The van der Waals surface area contributed by atoms with Gasteiger partial charge < -0.3 is 9.99 Å². The molecule has 1 N–H and O–H groups in total. The maximum Gasteiger partial charge on any atom is 0.174 e. The van der Waals surface area contributed by atoms with Crippen molar-refractivity contribution in [3.05, 3.63) is 36.5 Å². The van der Waals surface area contributed by atoms with Crippen LogP contribution in [0.2, 0.25) is 0 Å². The lowest BCUT2D eigenvalue weighted by atomic mass is 9.90. The number of fused-ring (bicyclic) bond motifs is 1. The third-order valence-corrected chi connectivity index (χ3v) is 3.42. The molecule has 0 amide bonds. The summed E-state index contributed by atoms with van der Waals surface area (Å²) in [5.74, 6) is 0.586.